The molecule has 1 aromatic carbocycles. The van der Waals surface area contributed by atoms with Crippen LogP contribution in [0.15, 0.2) is 46.5 Å². The van der Waals surface area contributed by atoms with Crippen molar-refractivity contribution in [1.82, 2.24) is 5.32 Å². The highest BCUT2D eigenvalue weighted by Gasteiger charge is 2.25. The van der Waals surface area contributed by atoms with E-state index in [1.54, 1.807) is 13.0 Å². The second-order valence-electron chi connectivity index (χ2n) is 11.0. The van der Waals surface area contributed by atoms with Gasteiger partial charge in [0.15, 0.2) is 23.8 Å². The average Bonchev–Trinajstić information content (AvgIpc) is 3.57. The first-order valence-corrected chi connectivity index (χ1v) is 14.9. The van der Waals surface area contributed by atoms with Crippen LogP contribution < -0.4 is 15.8 Å². The van der Waals surface area contributed by atoms with Gasteiger partial charge in [0.2, 0.25) is 0 Å². The summed E-state index contributed by atoms with van der Waals surface area (Å²) in [4.78, 5) is 4.52. The first kappa shape index (κ1) is 32.0. The lowest BCUT2D eigenvalue weighted by atomic mass is 10.0. The molecule has 8 nitrogen and oxygen atoms in total. The molecule has 40 heavy (non-hydrogen) atoms. The minimum atomic E-state index is -0.359. The Morgan fingerprint density at radius 1 is 1.18 bits per heavy atom. The van der Waals surface area contributed by atoms with E-state index in [1.807, 2.05) is 24.4 Å². The summed E-state index contributed by atoms with van der Waals surface area (Å²) >= 11 is 0. The number of nitrogens with one attached hydrogen (secondary N) is 1. The number of nitrogens with zero attached hydrogens (tertiary/aromatic N) is 1. The number of hydrogen-bond donors (Lipinski definition) is 5. The summed E-state index contributed by atoms with van der Waals surface area (Å²) in [5.74, 6) is 0.890. The molecule has 0 saturated carbocycles. The van der Waals surface area contributed by atoms with Gasteiger partial charge in [-0.3, -0.25) is 0 Å². The molecule has 0 bridgehead atoms. The molecule has 2 aliphatic heterocycles. The Hall–Kier alpha value is -2.49. The number of phenolic OH excluding ortho intramolecular Hbond substituents is 1. The summed E-state index contributed by atoms with van der Waals surface area (Å²) in [6, 6.07) is 6.43. The number of ether oxygens (including phenoxy) is 2. The Kier molecular flexibility index (Phi) is 13.9. The fraction of sp³-hybridized carbons (Fsp3) is 0.594. The van der Waals surface area contributed by atoms with Crippen molar-refractivity contribution in [2.75, 3.05) is 32.8 Å². The third kappa shape index (κ3) is 10.8. The quantitative estimate of drug-likeness (QED) is 0.119. The molecule has 0 amide bonds. The van der Waals surface area contributed by atoms with E-state index in [2.05, 4.69) is 23.3 Å². The van der Waals surface area contributed by atoms with Crippen molar-refractivity contribution in [3.8, 4) is 11.5 Å². The number of nitrogens with two attached hydrogens (primary N) is 1. The highest BCUT2D eigenvalue weighted by atomic mass is 16.5. The Morgan fingerprint density at radius 2 is 1.98 bits per heavy atom. The summed E-state index contributed by atoms with van der Waals surface area (Å²) in [7, 11) is 0. The number of aliphatic hydroxyl groups is 2. The van der Waals surface area contributed by atoms with Crippen LogP contribution in [0.25, 0.3) is 0 Å². The monoisotopic (exact) mass is 555 g/mol. The zero-order valence-corrected chi connectivity index (χ0v) is 24.3. The van der Waals surface area contributed by atoms with E-state index in [-0.39, 0.29) is 24.6 Å². The standard InChI is InChI=1S/C32H49N3O5/c1-23(19-34-20-24(2)37)26-17-28(35-21-26)13-15-39-32-16-25(10-12-30(32)38)9-11-29-18-27(22-36)31(40-29)8-6-4-3-5-7-14-33/h10,12,16-18,21,23-24,31,34,36-38H,3-9,11,13-15,19-20,22,33H2,1-2H3/t23-,24-,31?/m0/s1. The van der Waals surface area contributed by atoms with Crippen LogP contribution in [-0.2, 0) is 11.2 Å². The number of rotatable bonds is 20. The molecule has 8 heteroatoms. The maximum atomic E-state index is 10.3. The zero-order valence-electron chi connectivity index (χ0n) is 24.3. The van der Waals surface area contributed by atoms with Crippen LogP contribution in [0.3, 0.4) is 0 Å². The van der Waals surface area contributed by atoms with Crippen LogP contribution in [0.4, 0.5) is 0 Å². The van der Waals surface area contributed by atoms with Gasteiger partial charge in [0.05, 0.1) is 24.5 Å². The number of aryl methyl sites for hydroxylation is 1. The number of unbranched alkanes of at least 4 members (excludes halogenated alkanes) is 4. The molecular formula is C32H49N3O5. The van der Waals surface area contributed by atoms with Crippen molar-refractivity contribution in [3.05, 3.63) is 59.2 Å². The van der Waals surface area contributed by atoms with E-state index in [1.165, 1.54) is 12.8 Å². The van der Waals surface area contributed by atoms with E-state index in [0.29, 0.717) is 31.2 Å². The van der Waals surface area contributed by atoms with Gasteiger partial charge in [-0.15, -0.1) is 4.99 Å². The second kappa shape index (κ2) is 17.4. The molecule has 3 atom stereocenters. The average molecular weight is 556 g/mol. The van der Waals surface area contributed by atoms with E-state index in [4.69, 9.17) is 15.2 Å². The highest BCUT2D eigenvalue weighted by Crippen LogP contribution is 2.33. The van der Waals surface area contributed by atoms with Crippen LogP contribution in [0.5, 0.6) is 11.5 Å². The molecule has 222 valence electrons. The smallest absolute Gasteiger partial charge is 0.176 e. The molecule has 0 fully saturated rings. The predicted octanol–water partition coefficient (Wildman–Crippen LogP) is 4.39. The minimum Gasteiger partial charge on any atom is -0.504 e. The molecule has 1 aromatic rings. The Balaban J connectivity index is 1.40. The first-order valence-electron chi connectivity index (χ1n) is 14.9. The molecule has 0 saturated heterocycles. The molecule has 2 heterocycles. The van der Waals surface area contributed by atoms with Crippen molar-refractivity contribution in [2.45, 2.75) is 83.8 Å². The van der Waals surface area contributed by atoms with Gasteiger partial charge >= 0.3 is 0 Å². The number of aliphatic hydroxyl groups excluding tert-OH is 2. The second-order valence-corrected chi connectivity index (χ2v) is 11.0. The lowest BCUT2D eigenvalue weighted by Gasteiger charge is -2.24. The predicted molar refractivity (Wildman–Crippen MR) is 160 cm³/mol. The van der Waals surface area contributed by atoms with Gasteiger partial charge in [-0.25, -0.2) is 0 Å². The Morgan fingerprint density at radius 3 is 2.75 bits per heavy atom. The van der Waals surface area contributed by atoms with Crippen LogP contribution in [-0.4, -0.2) is 66.6 Å². The van der Waals surface area contributed by atoms with Crippen molar-refractivity contribution in [3.63, 3.8) is 0 Å². The number of phenols is 1. The fourth-order valence-electron chi connectivity index (χ4n) is 4.94. The van der Waals surface area contributed by atoms with Gasteiger partial charge in [-0.2, -0.15) is 11.6 Å². The lowest BCUT2D eigenvalue weighted by Crippen LogP contribution is -2.29. The zero-order chi connectivity index (χ0) is 28.7. The summed E-state index contributed by atoms with van der Waals surface area (Å²) in [5, 5.41) is 32.8. The van der Waals surface area contributed by atoms with E-state index in [0.717, 1.165) is 80.5 Å². The molecule has 2 aliphatic rings. The Bertz CT molecular complexity index is 977. The van der Waals surface area contributed by atoms with Crippen LogP contribution in [0.1, 0.15) is 70.8 Å². The lowest BCUT2D eigenvalue weighted by molar-refractivity contribution is 0.102. The van der Waals surface area contributed by atoms with Crippen molar-refractivity contribution in [1.29, 1.82) is 0 Å². The number of hydrogen-bond acceptors (Lipinski definition) is 8. The van der Waals surface area contributed by atoms with Crippen LogP contribution in [0, 0.1) is 18.1 Å². The van der Waals surface area contributed by atoms with Gasteiger partial charge in [0.25, 0.3) is 0 Å². The highest BCUT2D eigenvalue weighted by molar-refractivity contribution is 5.83. The van der Waals surface area contributed by atoms with Crippen molar-refractivity contribution in [2.24, 2.45) is 16.6 Å². The van der Waals surface area contributed by atoms with E-state index in [9.17, 15) is 15.3 Å². The molecule has 0 aliphatic carbocycles. The fourth-order valence-corrected chi connectivity index (χ4v) is 4.94. The van der Waals surface area contributed by atoms with E-state index < -0.39 is 0 Å². The summed E-state index contributed by atoms with van der Waals surface area (Å²) < 4.78 is 12.1. The van der Waals surface area contributed by atoms with Gasteiger partial charge in [0.1, 0.15) is 12.2 Å². The van der Waals surface area contributed by atoms with Gasteiger partial charge in [0, 0.05) is 25.8 Å². The van der Waals surface area contributed by atoms with E-state index >= 15 is 0 Å². The number of aliphatic imine (C=N–C) groups is 1. The number of aromatic hydroxyl groups is 1. The normalized spacial score (nSPS) is 18.3. The van der Waals surface area contributed by atoms with Crippen LogP contribution >= 0.6 is 0 Å². The summed E-state index contributed by atoms with van der Waals surface area (Å²) in [6.45, 7) is 6.46. The molecule has 3 rings (SSSR count). The third-order valence-corrected chi connectivity index (χ3v) is 7.38. The SMILES string of the molecule is C[C@H](O)CNC[C@H](C)C1=C[C+](CCOc2cc(CC[C-]3C=C(CO)C(CCCCCCCN)O3)ccc2O)N=C1. The molecule has 6 N–H and O–H groups in total. The van der Waals surface area contributed by atoms with Crippen molar-refractivity contribution < 1.29 is 24.8 Å². The molecule has 0 aromatic heterocycles. The summed E-state index contributed by atoms with van der Waals surface area (Å²) in [5.41, 5.74) is 8.74. The van der Waals surface area contributed by atoms with Gasteiger partial charge in [-0.1, -0.05) is 44.3 Å². The molecule has 0 spiro atoms. The molecule has 0 radical (unpaired) electrons. The van der Waals surface area contributed by atoms with Crippen molar-refractivity contribution >= 4 is 6.21 Å². The van der Waals surface area contributed by atoms with Gasteiger partial charge in [-0.05, 0) is 57.4 Å². The maximum Gasteiger partial charge on any atom is 0.176 e. The molecular weight excluding hydrogens is 506 g/mol. The first-order chi connectivity index (χ1) is 19.4. The minimum absolute atomic E-state index is 0.0249. The maximum absolute atomic E-state index is 10.3. The Labute approximate surface area is 240 Å². The van der Waals surface area contributed by atoms with Crippen LogP contribution in [0.2, 0.25) is 0 Å². The number of benzene rings is 1. The summed E-state index contributed by atoms with van der Waals surface area (Å²) in [6.07, 6.45) is 15.3. The van der Waals surface area contributed by atoms with Gasteiger partial charge < -0.3 is 35.8 Å². The largest absolute Gasteiger partial charge is 0.504 e. The topological polar surface area (TPSA) is 130 Å². The third-order valence-electron chi connectivity index (χ3n) is 7.38. The molecule has 1 unspecified atom stereocenters.